The van der Waals surface area contributed by atoms with Crippen molar-refractivity contribution in [3.8, 4) is 5.75 Å². The van der Waals surface area contributed by atoms with E-state index in [2.05, 4.69) is 27.8 Å². The minimum Gasteiger partial charge on any atom is -0.502 e. The van der Waals surface area contributed by atoms with E-state index in [0.717, 1.165) is 24.1 Å². The van der Waals surface area contributed by atoms with Gasteiger partial charge >= 0.3 is 5.69 Å². The van der Waals surface area contributed by atoms with E-state index in [1.165, 1.54) is 12.3 Å². The van der Waals surface area contributed by atoms with Crippen LogP contribution in [0.2, 0.25) is 0 Å². The van der Waals surface area contributed by atoms with E-state index >= 15 is 0 Å². The summed E-state index contributed by atoms with van der Waals surface area (Å²) in [4.78, 5) is 14.7. The molecule has 0 fully saturated rings. The van der Waals surface area contributed by atoms with Gasteiger partial charge in [-0.1, -0.05) is 47.5 Å². The number of benzene rings is 2. The molecule has 0 unspecified atom stereocenters. The van der Waals surface area contributed by atoms with E-state index in [1.54, 1.807) is 6.07 Å². The number of rotatable bonds is 5. The molecule has 0 aliphatic rings. The van der Waals surface area contributed by atoms with Crippen LogP contribution in [0.5, 0.6) is 5.75 Å². The number of aryl methyl sites for hydroxylation is 1. The molecule has 22 heavy (non-hydrogen) atoms. The SMILES string of the molecule is CCCc1ccccc1N=Cc1cc(Br)cc([N+](=O)[O-])c1O. The maximum Gasteiger partial charge on any atom is 0.312 e. The van der Waals surface area contributed by atoms with Crippen LogP contribution >= 0.6 is 15.9 Å². The highest BCUT2D eigenvalue weighted by atomic mass is 79.9. The molecule has 1 N–H and O–H groups in total. The Balaban J connectivity index is 2.41. The normalized spacial score (nSPS) is 11.0. The van der Waals surface area contributed by atoms with E-state index in [0.29, 0.717) is 10.0 Å². The van der Waals surface area contributed by atoms with Crippen molar-refractivity contribution in [1.82, 2.24) is 0 Å². The van der Waals surface area contributed by atoms with Crippen LogP contribution in [0, 0.1) is 10.1 Å². The Morgan fingerprint density at radius 2 is 2.09 bits per heavy atom. The maximum absolute atomic E-state index is 10.9. The van der Waals surface area contributed by atoms with Gasteiger partial charge in [0.1, 0.15) is 0 Å². The lowest BCUT2D eigenvalue weighted by molar-refractivity contribution is -0.385. The number of halogens is 1. The van der Waals surface area contributed by atoms with Gasteiger partial charge in [-0.2, -0.15) is 0 Å². The molecule has 0 bridgehead atoms. The molecule has 2 aromatic rings. The Bertz CT molecular complexity index is 729. The molecule has 6 heteroatoms. The second-order valence-electron chi connectivity index (χ2n) is 4.76. The van der Waals surface area contributed by atoms with Crippen molar-refractivity contribution >= 4 is 33.5 Å². The van der Waals surface area contributed by atoms with E-state index in [1.807, 2.05) is 24.3 Å². The van der Waals surface area contributed by atoms with Crippen molar-refractivity contribution in [2.45, 2.75) is 19.8 Å². The molecule has 0 amide bonds. The standard InChI is InChI=1S/C16H15BrN2O3/c1-2-5-11-6-3-4-7-14(11)18-10-12-8-13(17)9-15(16(12)20)19(21)22/h3-4,6-10,20H,2,5H2,1H3. The van der Waals surface area contributed by atoms with Crippen LogP contribution in [-0.2, 0) is 6.42 Å². The lowest BCUT2D eigenvalue weighted by atomic mass is 10.1. The molecule has 5 nitrogen and oxygen atoms in total. The number of phenolic OH excluding ortho intramolecular Hbond substituents is 1. The van der Waals surface area contributed by atoms with Gasteiger partial charge in [-0.15, -0.1) is 0 Å². The predicted molar refractivity (Wildman–Crippen MR) is 90.2 cm³/mol. The molecule has 0 aromatic heterocycles. The summed E-state index contributed by atoms with van der Waals surface area (Å²) < 4.78 is 0.514. The molecule has 2 aromatic carbocycles. The van der Waals surface area contributed by atoms with Crippen molar-refractivity contribution in [2.75, 3.05) is 0 Å². The summed E-state index contributed by atoms with van der Waals surface area (Å²) in [7, 11) is 0. The number of nitro benzene ring substituents is 1. The number of para-hydroxylation sites is 1. The lowest BCUT2D eigenvalue weighted by Crippen LogP contribution is -1.93. The predicted octanol–water partition coefficient (Wildman–Crippen LogP) is 4.77. The molecular formula is C16H15BrN2O3. The fraction of sp³-hybridized carbons (Fsp3) is 0.188. The number of hydrogen-bond acceptors (Lipinski definition) is 4. The molecule has 0 saturated carbocycles. The van der Waals surface area contributed by atoms with E-state index < -0.39 is 4.92 Å². The number of aliphatic imine (C=N–C) groups is 1. The van der Waals surface area contributed by atoms with Crippen LogP contribution in [0.1, 0.15) is 24.5 Å². The van der Waals surface area contributed by atoms with Gasteiger partial charge in [0, 0.05) is 22.3 Å². The second-order valence-corrected chi connectivity index (χ2v) is 5.67. The molecular weight excluding hydrogens is 348 g/mol. The number of phenols is 1. The molecule has 0 atom stereocenters. The van der Waals surface area contributed by atoms with Crippen molar-refractivity contribution in [3.63, 3.8) is 0 Å². The van der Waals surface area contributed by atoms with E-state index in [4.69, 9.17) is 0 Å². The quantitative estimate of drug-likeness (QED) is 0.472. The van der Waals surface area contributed by atoms with Gasteiger partial charge in [0.25, 0.3) is 0 Å². The fourth-order valence-electron chi connectivity index (χ4n) is 2.10. The molecule has 2 rings (SSSR count). The van der Waals surface area contributed by atoms with Crippen LogP contribution < -0.4 is 0 Å². The average Bonchev–Trinajstić information content (AvgIpc) is 2.49. The Kier molecular flexibility index (Phi) is 5.27. The van der Waals surface area contributed by atoms with Crippen molar-refractivity contribution in [1.29, 1.82) is 0 Å². The maximum atomic E-state index is 10.9. The van der Waals surface area contributed by atoms with Gasteiger partial charge in [-0.05, 0) is 24.1 Å². The summed E-state index contributed by atoms with van der Waals surface area (Å²) >= 11 is 3.20. The average molecular weight is 363 g/mol. The third-order valence-corrected chi connectivity index (χ3v) is 3.59. The van der Waals surface area contributed by atoms with Gasteiger partial charge < -0.3 is 5.11 Å². The molecule has 114 valence electrons. The van der Waals surface area contributed by atoms with Crippen LogP contribution in [0.25, 0.3) is 0 Å². The van der Waals surface area contributed by atoms with Gasteiger partial charge in [0.05, 0.1) is 10.6 Å². The number of nitro groups is 1. The highest BCUT2D eigenvalue weighted by Crippen LogP contribution is 2.33. The van der Waals surface area contributed by atoms with Gasteiger partial charge in [0.15, 0.2) is 0 Å². The Labute approximate surface area is 136 Å². The first-order valence-corrected chi connectivity index (χ1v) is 7.61. The van der Waals surface area contributed by atoms with Crippen molar-refractivity contribution in [2.24, 2.45) is 4.99 Å². The molecule has 0 saturated heterocycles. The molecule has 0 spiro atoms. The monoisotopic (exact) mass is 362 g/mol. The summed E-state index contributed by atoms with van der Waals surface area (Å²) in [6.45, 7) is 2.09. The highest BCUT2D eigenvalue weighted by Gasteiger charge is 2.17. The molecule has 0 radical (unpaired) electrons. The first-order chi connectivity index (χ1) is 10.5. The Hall–Kier alpha value is -2.21. The van der Waals surface area contributed by atoms with Gasteiger partial charge in [0.2, 0.25) is 5.75 Å². The molecule has 0 aliphatic carbocycles. The van der Waals surface area contributed by atoms with Crippen LogP contribution in [0.4, 0.5) is 11.4 Å². The zero-order valence-electron chi connectivity index (χ0n) is 12.0. The summed E-state index contributed by atoms with van der Waals surface area (Å²) in [5.41, 5.74) is 1.85. The van der Waals surface area contributed by atoms with Crippen molar-refractivity contribution in [3.05, 3.63) is 62.1 Å². The first-order valence-electron chi connectivity index (χ1n) is 6.81. The highest BCUT2D eigenvalue weighted by molar-refractivity contribution is 9.10. The second kappa shape index (κ2) is 7.17. The summed E-state index contributed by atoms with van der Waals surface area (Å²) in [6, 6.07) is 10.6. The molecule has 0 heterocycles. The summed E-state index contributed by atoms with van der Waals surface area (Å²) in [5.74, 6) is -0.384. The number of hydrogen-bond donors (Lipinski definition) is 1. The minimum atomic E-state index is -0.623. The number of nitrogens with zero attached hydrogens (tertiary/aromatic N) is 2. The fourth-order valence-corrected chi connectivity index (χ4v) is 2.56. The van der Waals surface area contributed by atoms with Gasteiger partial charge in [-0.25, -0.2) is 0 Å². The van der Waals surface area contributed by atoms with E-state index in [9.17, 15) is 15.2 Å². The summed E-state index contributed by atoms with van der Waals surface area (Å²) in [5, 5.41) is 20.9. The van der Waals surface area contributed by atoms with Crippen molar-refractivity contribution < 1.29 is 10.0 Å². The third kappa shape index (κ3) is 3.71. The zero-order valence-corrected chi connectivity index (χ0v) is 13.6. The lowest BCUT2D eigenvalue weighted by Gasteiger charge is -2.04. The van der Waals surface area contributed by atoms with E-state index in [-0.39, 0.29) is 11.4 Å². The largest absolute Gasteiger partial charge is 0.502 e. The Morgan fingerprint density at radius 3 is 2.77 bits per heavy atom. The van der Waals surface area contributed by atoms with Gasteiger partial charge in [-0.3, -0.25) is 15.1 Å². The Morgan fingerprint density at radius 1 is 1.36 bits per heavy atom. The number of aromatic hydroxyl groups is 1. The summed E-state index contributed by atoms with van der Waals surface area (Å²) in [6.07, 6.45) is 3.35. The van der Waals surface area contributed by atoms with Crippen LogP contribution in [0.3, 0.4) is 0 Å². The first kappa shape index (κ1) is 16.2. The minimum absolute atomic E-state index is 0.298. The van der Waals surface area contributed by atoms with Crippen LogP contribution in [-0.4, -0.2) is 16.2 Å². The zero-order chi connectivity index (χ0) is 16.1. The third-order valence-electron chi connectivity index (χ3n) is 3.13. The van der Waals surface area contributed by atoms with Crippen LogP contribution in [0.15, 0.2) is 45.9 Å². The topological polar surface area (TPSA) is 75.7 Å². The molecule has 0 aliphatic heterocycles. The smallest absolute Gasteiger partial charge is 0.312 e.